The van der Waals surface area contributed by atoms with Gasteiger partial charge in [0, 0.05) is 21.7 Å². The quantitative estimate of drug-likeness (QED) is 0.827. The molecule has 1 unspecified atom stereocenters. The smallest absolute Gasteiger partial charge is 0.113 e. The minimum atomic E-state index is -0.513. The zero-order valence-electron chi connectivity index (χ0n) is 10.3. The Hall–Kier alpha value is -0.690. The van der Waals surface area contributed by atoms with Crippen molar-refractivity contribution in [3.63, 3.8) is 0 Å². The Kier molecular flexibility index (Phi) is 5.32. The van der Waals surface area contributed by atoms with Gasteiger partial charge in [-0.25, -0.2) is 0 Å². The molecule has 1 atom stereocenters. The number of nitrogens with one attached hydrogen (secondary N) is 1. The summed E-state index contributed by atoms with van der Waals surface area (Å²) in [5.41, 5.74) is -0.513. The van der Waals surface area contributed by atoms with Crippen LogP contribution < -0.4 is 5.32 Å². The molecule has 1 rings (SSSR count). The molecule has 2 nitrogen and oxygen atoms in total. The van der Waals surface area contributed by atoms with Crippen molar-refractivity contribution in [1.82, 2.24) is 5.32 Å². The van der Waals surface area contributed by atoms with Crippen LogP contribution in [0.15, 0.2) is 29.2 Å². The molecule has 0 aromatic heterocycles. The Morgan fingerprint density at radius 3 is 2.76 bits per heavy atom. The van der Waals surface area contributed by atoms with Crippen LogP contribution in [-0.4, -0.2) is 17.3 Å². The van der Waals surface area contributed by atoms with E-state index in [1.165, 1.54) is 0 Å². The Balaban J connectivity index is 2.62. The van der Waals surface area contributed by atoms with Crippen LogP contribution in [0.1, 0.15) is 20.8 Å². The standard InChI is InChI=1S/C13H17ClN2S/c1-10(2)16-13(3,8-15)9-17-12-6-4-5-11(14)7-12/h4-7,10,16H,9H2,1-3H3. The highest BCUT2D eigenvalue weighted by Gasteiger charge is 2.24. The highest BCUT2D eigenvalue weighted by molar-refractivity contribution is 7.99. The molecule has 0 aliphatic carbocycles. The summed E-state index contributed by atoms with van der Waals surface area (Å²) < 4.78 is 0. The molecule has 1 aromatic rings. The van der Waals surface area contributed by atoms with Crippen LogP contribution in [0.25, 0.3) is 0 Å². The number of rotatable bonds is 5. The maximum absolute atomic E-state index is 9.21. The van der Waals surface area contributed by atoms with Crippen LogP contribution in [0.3, 0.4) is 0 Å². The van der Waals surface area contributed by atoms with E-state index in [0.717, 1.165) is 9.92 Å². The molecule has 0 aliphatic heterocycles. The third kappa shape index (κ3) is 4.99. The summed E-state index contributed by atoms with van der Waals surface area (Å²) >= 11 is 7.56. The van der Waals surface area contributed by atoms with E-state index < -0.39 is 5.54 Å². The summed E-state index contributed by atoms with van der Waals surface area (Å²) in [4.78, 5) is 1.09. The summed E-state index contributed by atoms with van der Waals surface area (Å²) in [5, 5.41) is 13.2. The molecule has 0 aliphatic rings. The lowest BCUT2D eigenvalue weighted by Crippen LogP contribution is -2.47. The maximum atomic E-state index is 9.21. The van der Waals surface area contributed by atoms with Crippen molar-refractivity contribution in [3.8, 4) is 6.07 Å². The molecule has 17 heavy (non-hydrogen) atoms. The van der Waals surface area contributed by atoms with Crippen LogP contribution in [0.5, 0.6) is 0 Å². The van der Waals surface area contributed by atoms with Crippen LogP contribution in [0.2, 0.25) is 5.02 Å². The third-order valence-corrected chi connectivity index (χ3v) is 3.72. The molecule has 1 aromatic carbocycles. The number of nitriles is 1. The van der Waals surface area contributed by atoms with E-state index in [2.05, 4.69) is 11.4 Å². The molecule has 92 valence electrons. The van der Waals surface area contributed by atoms with Gasteiger partial charge in [0.1, 0.15) is 5.54 Å². The fraction of sp³-hybridized carbons (Fsp3) is 0.462. The van der Waals surface area contributed by atoms with Crippen LogP contribution in [0.4, 0.5) is 0 Å². The van der Waals surface area contributed by atoms with Gasteiger partial charge in [-0.15, -0.1) is 11.8 Å². The Labute approximate surface area is 112 Å². The number of hydrogen-bond donors (Lipinski definition) is 1. The van der Waals surface area contributed by atoms with Crippen molar-refractivity contribution in [2.24, 2.45) is 0 Å². The van der Waals surface area contributed by atoms with Crippen molar-refractivity contribution < 1.29 is 0 Å². The first-order valence-electron chi connectivity index (χ1n) is 5.52. The van der Waals surface area contributed by atoms with Gasteiger partial charge < -0.3 is 0 Å². The molecule has 0 saturated heterocycles. The zero-order chi connectivity index (χ0) is 12.9. The summed E-state index contributed by atoms with van der Waals surface area (Å²) in [6.45, 7) is 6.00. The molecule has 0 fully saturated rings. The SMILES string of the molecule is CC(C)NC(C)(C#N)CSc1cccc(Cl)c1. The van der Waals surface area contributed by atoms with Crippen LogP contribution in [0, 0.1) is 11.3 Å². The highest BCUT2D eigenvalue weighted by Crippen LogP contribution is 2.25. The van der Waals surface area contributed by atoms with Gasteiger partial charge in [0.25, 0.3) is 0 Å². The van der Waals surface area contributed by atoms with Gasteiger partial charge in [0.15, 0.2) is 0 Å². The van der Waals surface area contributed by atoms with E-state index in [0.29, 0.717) is 11.8 Å². The average Bonchev–Trinajstić information content (AvgIpc) is 2.26. The second-order valence-electron chi connectivity index (χ2n) is 4.49. The Morgan fingerprint density at radius 1 is 1.53 bits per heavy atom. The molecule has 0 amide bonds. The first kappa shape index (κ1) is 14.4. The lowest BCUT2D eigenvalue weighted by Gasteiger charge is -2.25. The lowest BCUT2D eigenvalue weighted by molar-refractivity contribution is 0.443. The van der Waals surface area contributed by atoms with Gasteiger partial charge in [-0.05, 0) is 39.0 Å². The number of nitrogens with zero attached hydrogens (tertiary/aromatic N) is 1. The van der Waals surface area contributed by atoms with Crippen molar-refractivity contribution in [2.45, 2.75) is 37.2 Å². The predicted octanol–water partition coefficient (Wildman–Crippen LogP) is 3.71. The van der Waals surface area contributed by atoms with Gasteiger partial charge >= 0.3 is 0 Å². The van der Waals surface area contributed by atoms with Gasteiger partial charge in [-0.1, -0.05) is 17.7 Å². The molecule has 1 N–H and O–H groups in total. The monoisotopic (exact) mass is 268 g/mol. The molecule has 4 heteroatoms. The largest absolute Gasteiger partial charge is 0.297 e. The summed E-state index contributed by atoms with van der Waals surface area (Å²) in [5.74, 6) is 0.696. The highest BCUT2D eigenvalue weighted by atomic mass is 35.5. The minimum absolute atomic E-state index is 0.291. The average molecular weight is 269 g/mol. The molecule has 0 radical (unpaired) electrons. The normalized spacial score (nSPS) is 14.4. The van der Waals surface area contributed by atoms with E-state index in [9.17, 15) is 5.26 Å². The maximum Gasteiger partial charge on any atom is 0.113 e. The summed E-state index contributed by atoms with van der Waals surface area (Å²) in [6, 6.07) is 10.3. The van der Waals surface area contributed by atoms with E-state index >= 15 is 0 Å². The molecule has 0 saturated carbocycles. The van der Waals surface area contributed by atoms with E-state index in [1.54, 1.807) is 11.8 Å². The second kappa shape index (κ2) is 6.30. The topological polar surface area (TPSA) is 35.8 Å². The number of hydrogen-bond acceptors (Lipinski definition) is 3. The summed E-state index contributed by atoms with van der Waals surface area (Å²) in [7, 11) is 0. The lowest BCUT2D eigenvalue weighted by atomic mass is 10.1. The van der Waals surface area contributed by atoms with Crippen LogP contribution in [-0.2, 0) is 0 Å². The van der Waals surface area contributed by atoms with Crippen molar-refractivity contribution in [3.05, 3.63) is 29.3 Å². The molecule has 0 spiro atoms. The number of thioether (sulfide) groups is 1. The van der Waals surface area contributed by atoms with Crippen molar-refractivity contribution >= 4 is 23.4 Å². The van der Waals surface area contributed by atoms with Gasteiger partial charge in [-0.3, -0.25) is 5.32 Å². The van der Waals surface area contributed by atoms with Gasteiger partial charge in [-0.2, -0.15) is 5.26 Å². The first-order valence-corrected chi connectivity index (χ1v) is 6.89. The van der Waals surface area contributed by atoms with Gasteiger partial charge in [0.05, 0.1) is 6.07 Å². The van der Waals surface area contributed by atoms with Crippen molar-refractivity contribution in [2.75, 3.05) is 5.75 Å². The fourth-order valence-corrected chi connectivity index (χ4v) is 2.77. The first-order chi connectivity index (χ1) is 7.95. The second-order valence-corrected chi connectivity index (χ2v) is 5.97. The van der Waals surface area contributed by atoms with Crippen LogP contribution >= 0.6 is 23.4 Å². The predicted molar refractivity (Wildman–Crippen MR) is 74.5 cm³/mol. The van der Waals surface area contributed by atoms with Gasteiger partial charge in [0.2, 0.25) is 0 Å². The Bertz CT molecular complexity index is 414. The zero-order valence-corrected chi connectivity index (χ0v) is 11.9. The van der Waals surface area contributed by atoms with Crippen molar-refractivity contribution in [1.29, 1.82) is 5.26 Å². The molecular weight excluding hydrogens is 252 g/mol. The van der Waals surface area contributed by atoms with E-state index in [4.69, 9.17) is 11.6 Å². The van der Waals surface area contributed by atoms with E-state index in [-0.39, 0.29) is 0 Å². The minimum Gasteiger partial charge on any atom is -0.297 e. The fourth-order valence-electron chi connectivity index (χ4n) is 1.53. The summed E-state index contributed by atoms with van der Waals surface area (Å²) in [6.07, 6.45) is 0. The molecular formula is C13H17ClN2S. The number of benzene rings is 1. The Morgan fingerprint density at radius 2 is 2.24 bits per heavy atom. The third-order valence-electron chi connectivity index (χ3n) is 2.18. The number of halogens is 1. The molecule has 0 bridgehead atoms. The van der Waals surface area contributed by atoms with E-state index in [1.807, 2.05) is 45.0 Å². The molecule has 0 heterocycles.